The lowest BCUT2D eigenvalue weighted by Crippen LogP contribution is -2.16. The fourth-order valence-corrected chi connectivity index (χ4v) is 3.10. The summed E-state index contributed by atoms with van der Waals surface area (Å²) >= 11 is 3.02. The lowest BCUT2D eigenvalue weighted by atomic mass is 10.3. The van der Waals surface area contributed by atoms with Gasteiger partial charge in [-0.25, -0.2) is 26.6 Å². The summed E-state index contributed by atoms with van der Waals surface area (Å²) in [5.41, 5.74) is 4.70. The number of hydrogen-bond donors (Lipinski definition) is 2. The van der Waals surface area contributed by atoms with Crippen LogP contribution in [0.3, 0.4) is 0 Å². The molecule has 1 heterocycles. The number of aromatic nitrogens is 1. The minimum Gasteiger partial charge on any atom is -0.383 e. The molecule has 2 aromatic rings. The number of sulfonamides is 1. The Morgan fingerprint density at radius 1 is 1.10 bits per heavy atom. The largest absolute Gasteiger partial charge is 0.383 e. The van der Waals surface area contributed by atoms with Crippen LogP contribution in [-0.4, -0.2) is 13.4 Å². The molecular formula is C11H7BrF3N3O2S. The maximum atomic E-state index is 13.5. The molecule has 112 valence electrons. The van der Waals surface area contributed by atoms with Crippen LogP contribution >= 0.6 is 15.9 Å². The Hall–Kier alpha value is -1.81. The first-order valence-electron chi connectivity index (χ1n) is 5.29. The van der Waals surface area contributed by atoms with Crippen molar-refractivity contribution in [2.75, 3.05) is 10.5 Å². The number of nitrogens with zero attached hydrogens (tertiary/aromatic N) is 1. The highest BCUT2D eigenvalue weighted by Crippen LogP contribution is 2.25. The fraction of sp³-hybridized carbons (Fsp3) is 0. The Kier molecular flexibility index (Phi) is 4.10. The Bertz CT molecular complexity index is 815. The number of anilines is 2. The van der Waals surface area contributed by atoms with Crippen LogP contribution < -0.4 is 10.5 Å². The molecule has 1 aromatic carbocycles. The van der Waals surface area contributed by atoms with Gasteiger partial charge >= 0.3 is 0 Å². The maximum absolute atomic E-state index is 13.5. The number of hydrogen-bond acceptors (Lipinski definition) is 4. The molecule has 0 atom stereocenters. The first-order valence-corrected chi connectivity index (χ1v) is 7.56. The first-order chi connectivity index (χ1) is 9.70. The van der Waals surface area contributed by atoms with Gasteiger partial charge in [-0.3, -0.25) is 4.72 Å². The van der Waals surface area contributed by atoms with Crippen molar-refractivity contribution in [3.63, 3.8) is 0 Å². The Morgan fingerprint density at radius 3 is 2.38 bits per heavy atom. The summed E-state index contributed by atoms with van der Waals surface area (Å²) in [5, 5.41) is 0. The number of rotatable bonds is 3. The molecule has 2 rings (SSSR count). The van der Waals surface area contributed by atoms with Crippen molar-refractivity contribution < 1.29 is 21.6 Å². The summed E-state index contributed by atoms with van der Waals surface area (Å²) in [5.74, 6) is -4.42. The number of nitrogens with two attached hydrogens (primary N) is 1. The van der Waals surface area contributed by atoms with Gasteiger partial charge in [-0.05, 0) is 22.0 Å². The van der Waals surface area contributed by atoms with Crippen LogP contribution in [0.15, 0.2) is 33.8 Å². The highest BCUT2D eigenvalue weighted by Gasteiger charge is 2.21. The molecule has 0 fully saturated rings. The zero-order chi connectivity index (χ0) is 15.8. The van der Waals surface area contributed by atoms with E-state index >= 15 is 0 Å². The van der Waals surface area contributed by atoms with Gasteiger partial charge < -0.3 is 5.73 Å². The van der Waals surface area contributed by atoms with Gasteiger partial charge in [0.2, 0.25) is 0 Å². The summed E-state index contributed by atoms with van der Waals surface area (Å²) in [4.78, 5) is 3.19. The molecular weight excluding hydrogens is 375 g/mol. The van der Waals surface area contributed by atoms with Gasteiger partial charge in [-0.2, -0.15) is 0 Å². The highest BCUT2D eigenvalue weighted by atomic mass is 79.9. The van der Waals surface area contributed by atoms with Gasteiger partial charge in [-0.1, -0.05) is 0 Å². The lowest BCUT2D eigenvalue weighted by Gasteiger charge is -2.11. The summed E-state index contributed by atoms with van der Waals surface area (Å²) in [6.45, 7) is 0. The van der Waals surface area contributed by atoms with Crippen LogP contribution in [0.2, 0.25) is 0 Å². The fourth-order valence-electron chi connectivity index (χ4n) is 1.45. The zero-order valence-electron chi connectivity index (χ0n) is 10.1. The van der Waals surface area contributed by atoms with E-state index < -0.39 is 38.1 Å². The minimum atomic E-state index is -4.32. The molecule has 0 spiro atoms. The van der Waals surface area contributed by atoms with Crippen molar-refractivity contribution in [1.29, 1.82) is 0 Å². The zero-order valence-corrected chi connectivity index (χ0v) is 12.5. The van der Waals surface area contributed by atoms with E-state index in [0.29, 0.717) is 10.5 Å². The molecule has 0 amide bonds. The number of nitrogen functional groups attached to an aromatic ring is 1. The summed E-state index contributed by atoms with van der Waals surface area (Å²) in [7, 11) is -4.32. The molecule has 0 radical (unpaired) electrons. The van der Waals surface area contributed by atoms with E-state index in [-0.39, 0.29) is 11.9 Å². The van der Waals surface area contributed by atoms with Crippen molar-refractivity contribution in [2.45, 2.75) is 4.90 Å². The van der Waals surface area contributed by atoms with Crippen LogP contribution in [0.4, 0.5) is 24.7 Å². The van der Waals surface area contributed by atoms with Gasteiger partial charge in [0.25, 0.3) is 10.0 Å². The third-order valence-electron chi connectivity index (χ3n) is 2.39. The van der Waals surface area contributed by atoms with Crippen LogP contribution in [0, 0.1) is 17.5 Å². The third-order valence-corrected chi connectivity index (χ3v) is 4.22. The van der Waals surface area contributed by atoms with Crippen molar-refractivity contribution in [3.05, 3.63) is 46.3 Å². The number of nitrogens with one attached hydrogen (secondary N) is 1. The van der Waals surface area contributed by atoms with Crippen molar-refractivity contribution in [1.82, 2.24) is 4.98 Å². The predicted molar refractivity (Wildman–Crippen MR) is 73.5 cm³/mol. The number of benzene rings is 1. The molecule has 0 unspecified atom stereocenters. The van der Waals surface area contributed by atoms with Crippen molar-refractivity contribution in [2.24, 2.45) is 0 Å². The normalized spacial score (nSPS) is 11.4. The second-order valence-corrected chi connectivity index (χ2v) is 6.46. The lowest BCUT2D eigenvalue weighted by molar-refractivity contribution is 0.496. The van der Waals surface area contributed by atoms with E-state index in [0.717, 1.165) is 6.07 Å². The second-order valence-electron chi connectivity index (χ2n) is 3.89. The van der Waals surface area contributed by atoms with Gasteiger partial charge in [0.05, 0.1) is 5.69 Å². The molecule has 0 bridgehead atoms. The first kappa shape index (κ1) is 15.6. The van der Waals surface area contributed by atoms with E-state index in [1.54, 1.807) is 4.72 Å². The quantitative estimate of drug-likeness (QED) is 0.800. The monoisotopic (exact) mass is 381 g/mol. The molecule has 1 aromatic heterocycles. The van der Waals surface area contributed by atoms with Crippen molar-refractivity contribution >= 4 is 37.5 Å². The molecule has 0 saturated heterocycles. The topological polar surface area (TPSA) is 85.1 Å². The number of pyridine rings is 1. The van der Waals surface area contributed by atoms with E-state index in [1.807, 2.05) is 0 Å². The molecule has 10 heteroatoms. The standard InChI is InChI=1S/C11H7BrF3N3O2S/c12-5-1-10(11(16)17-4-5)21(19,20)18-9-3-7(14)6(13)2-8(9)15/h1-4,18H,(H2,16,17). The minimum absolute atomic E-state index is 0.232. The summed E-state index contributed by atoms with van der Waals surface area (Å²) in [6.07, 6.45) is 1.27. The van der Waals surface area contributed by atoms with Gasteiger partial charge in [-0.15, -0.1) is 0 Å². The molecule has 21 heavy (non-hydrogen) atoms. The van der Waals surface area contributed by atoms with Gasteiger partial charge in [0, 0.05) is 22.8 Å². The SMILES string of the molecule is Nc1ncc(Br)cc1S(=O)(=O)Nc1cc(F)c(F)cc1F. The predicted octanol–water partition coefficient (Wildman–Crippen LogP) is 2.64. The van der Waals surface area contributed by atoms with E-state index in [9.17, 15) is 21.6 Å². The Morgan fingerprint density at radius 2 is 1.71 bits per heavy atom. The molecule has 0 aliphatic rings. The third kappa shape index (κ3) is 3.27. The Labute approximate surface area is 126 Å². The molecule has 5 nitrogen and oxygen atoms in total. The molecule has 0 aliphatic heterocycles. The van der Waals surface area contributed by atoms with E-state index in [4.69, 9.17) is 5.73 Å². The van der Waals surface area contributed by atoms with E-state index in [2.05, 4.69) is 20.9 Å². The molecule has 3 N–H and O–H groups in total. The Balaban J connectivity index is 2.47. The van der Waals surface area contributed by atoms with E-state index in [1.165, 1.54) is 6.20 Å². The molecule has 0 aliphatic carbocycles. The van der Waals surface area contributed by atoms with Gasteiger partial charge in [0.15, 0.2) is 11.6 Å². The van der Waals surface area contributed by atoms with Crippen LogP contribution in [0.25, 0.3) is 0 Å². The van der Waals surface area contributed by atoms with Crippen molar-refractivity contribution in [3.8, 4) is 0 Å². The average Bonchev–Trinajstić information content (AvgIpc) is 2.38. The maximum Gasteiger partial charge on any atom is 0.265 e. The smallest absolute Gasteiger partial charge is 0.265 e. The van der Waals surface area contributed by atoms with Gasteiger partial charge in [0.1, 0.15) is 16.5 Å². The number of halogens is 4. The van der Waals surface area contributed by atoms with Crippen LogP contribution in [0.1, 0.15) is 0 Å². The van der Waals surface area contributed by atoms with Crippen LogP contribution in [0.5, 0.6) is 0 Å². The highest BCUT2D eigenvalue weighted by molar-refractivity contribution is 9.10. The average molecular weight is 382 g/mol. The summed E-state index contributed by atoms with van der Waals surface area (Å²) in [6, 6.07) is 1.77. The second kappa shape index (κ2) is 5.53. The van der Waals surface area contributed by atoms with Crippen LogP contribution in [-0.2, 0) is 10.0 Å². The summed E-state index contributed by atoms with van der Waals surface area (Å²) < 4.78 is 65.6. The molecule has 0 saturated carbocycles.